The molecule has 5 aromatic carbocycles. The Labute approximate surface area is 275 Å². The van der Waals surface area contributed by atoms with Gasteiger partial charge in [-0.2, -0.15) is 0 Å². The molecular formula is C39H25ClN2O5. The minimum Gasteiger partial charge on any atom is -0.454 e. The topological polar surface area (TPSA) is 93.6 Å². The Bertz CT molecular complexity index is 2190. The molecule has 0 spiro atoms. The van der Waals surface area contributed by atoms with Gasteiger partial charge in [-0.3, -0.25) is 14.4 Å². The fourth-order valence-electron chi connectivity index (χ4n) is 5.70. The number of aryl methyl sites for hydroxylation is 1. The third kappa shape index (κ3) is 5.47. The lowest BCUT2D eigenvalue weighted by Crippen LogP contribution is -2.29. The molecule has 7 rings (SSSR count). The van der Waals surface area contributed by atoms with E-state index in [1.807, 2.05) is 49.4 Å². The Morgan fingerprint density at radius 2 is 1.32 bits per heavy atom. The first-order valence-corrected chi connectivity index (χ1v) is 15.2. The summed E-state index contributed by atoms with van der Waals surface area (Å²) in [5.74, 6) is -1.80. The number of fused-ring (bicyclic) bond motifs is 2. The maximum absolute atomic E-state index is 13.5. The van der Waals surface area contributed by atoms with Crippen LogP contribution in [-0.2, 0) is 4.74 Å². The van der Waals surface area contributed by atoms with Gasteiger partial charge in [0.1, 0.15) is 0 Å². The van der Waals surface area contributed by atoms with Crippen molar-refractivity contribution in [1.82, 2.24) is 4.98 Å². The van der Waals surface area contributed by atoms with Crippen LogP contribution in [0.25, 0.3) is 33.3 Å². The van der Waals surface area contributed by atoms with Crippen LogP contribution in [0, 0.1) is 6.92 Å². The van der Waals surface area contributed by atoms with E-state index in [1.54, 1.807) is 78.9 Å². The van der Waals surface area contributed by atoms with Crippen LogP contribution in [0.15, 0.2) is 121 Å². The number of halogens is 1. The quantitative estimate of drug-likeness (QED) is 0.0993. The Morgan fingerprint density at radius 1 is 0.723 bits per heavy atom. The van der Waals surface area contributed by atoms with Crippen molar-refractivity contribution < 1.29 is 23.9 Å². The highest BCUT2D eigenvalue weighted by atomic mass is 35.5. The summed E-state index contributed by atoms with van der Waals surface area (Å²) in [6, 6.07) is 35.4. The van der Waals surface area contributed by atoms with Gasteiger partial charge in [-0.1, -0.05) is 96.5 Å². The van der Waals surface area contributed by atoms with Crippen molar-refractivity contribution in [3.63, 3.8) is 0 Å². The van der Waals surface area contributed by atoms with Crippen molar-refractivity contribution in [3.8, 4) is 22.4 Å². The van der Waals surface area contributed by atoms with Crippen molar-refractivity contribution in [2.45, 2.75) is 6.92 Å². The lowest BCUT2D eigenvalue weighted by molar-refractivity contribution is 0.0476. The second-order valence-electron chi connectivity index (χ2n) is 11.1. The summed E-state index contributed by atoms with van der Waals surface area (Å²) in [7, 11) is 0. The number of carbonyl (C=O) groups is 4. The molecule has 1 aliphatic heterocycles. The van der Waals surface area contributed by atoms with Crippen molar-refractivity contribution in [1.29, 1.82) is 0 Å². The third-order valence-corrected chi connectivity index (χ3v) is 8.66. The molecule has 6 aromatic rings. The molecule has 2 amide bonds. The molecule has 228 valence electrons. The minimum absolute atomic E-state index is 0.224. The van der Waals surface area contributed by atoms with E-state index in [1.165, 1.54) is 0 Å². The van der Waals surface area contributed by atoms with Crippen LogP contribution in [0.2, 0.25) is 5.02 Å². The molecule has 1 aliphatic rings. The number of amides is 2. The van der Waals surface area contributed by atoms with Gasteiger partial charge in [0, 0.05) is 21.5 Å². The standard InChI is InChI=1S/C39H25ClN2O5/c1-23-33(40)20-19-29-32(39(46)47-22-35(43)27-13-11-25(12-14-27)24-7-3-2-4-8-24)21-34(41-36(23)29)26-15-17-28(18-16-26)42-37(44)30-9-5-6-10-31(30)38(42)45/h2-21H,22H2,1H3. The summed E-state index contributed by atoms with van der Waals surface area (Å²) in [6.45, 7) is 1.37. The number of nitrogens with zero attached hydrogens (tertiary/aromatic N) is 2. The van der Waals surface area contributed by atoms with Gasteiger partial charge in [-0.15, -0.1) is 0 Å². The zero-order chi connectivity index (χ0) is 32.7. The number of ether oxygens (including phenoxy) is 1. The zero-order valence-corrected chi connectivity index (χ0v) is 25.8. The van der Waals surface area contributed by atoms with Gasteiger partial charge in [0.25, 0.3) is 11.8 Å². The summed E-state index contributed by atoms with van der Waals surface area (Å²) in [5.41, 5.74) is 6.06. The number of hydrogen-bond acceptors (Lipinski definition) is 6. The summed E-state index contributed by atoms with van der Waals surface area (Å²) in [4.78, 5) is 58.4. The lowest BCUT2D eigenvalue weighted by Gasteiger charge is -2.15. The predicted octanol–water partition coefficient (Wildman–Crippen LogP) is 8.37. The molecule has 47 heavy (non-hydrogen) atoms. The third-order valence-electron chi connectivity index (χ3n) is 8.25. The van der Waals surface area contributed by atoms with Crippen LogP contribution in [0.3, 0.4) is 0 Å². The van der Waals surface area contributed by atoms with Gasteiger partial charge in [0.2, 0.25) is 0 Å². The number of imide groups is 1. The number of hydrogen-bond donors (Lipinski definition) is 0. The van der Waals surface area contributed by atoms with Gasteiger partial charge in [-0.25, -0.2) is 14.7 Å². The molecule has 0 atom stereocenters. The molecule has 0 unspecified atom stereocenters. The predicted molar refractivity (Wildman–Crippen MR) is 181 cm³/mol. The van der Waals surface area contributed by atoms with Crippen LogP contribution < -0.4 is 4.90 Å². The highest BCUT2D eigenvalue weighted by Gasteiger charge is 2.36. The van der Waals surface area contributed by atoms with Crippen molar-refractivity contribution in [2.75, 3.05) is 11.5 Å². The number of benzene rings is 5. The minimum atomic E-state index is -0.683. The molecule has 7 nitrogen and oxygen atoms in total. The van der Waals surface area contributed by atoms with Gasteiger partial charge in [-0.05, 0) is 60.0 Å². The number of carbonyl (C=O) groups excluding carboxylic acids is 4. The first kappa shape index (κ1) is 29.8. The van der Waals surface area contributed by atoms with Gasteiger partial charge >= 0.3 is 5.97 Å². The molecule has 8 heteroatoms. The molecule has 0 radical (unpaired) electrons. The van der Waals surface area contributed by atoms with Gasteiger partial charge < -0.3 is 4.74 Å². The van der Waals surface area contributed by atoms with Crippen LogP contribution in [-0.4, -0.2) is 35.2 Å². The molecular weight excluding hydrogens is 612 g/mol. The summed E-state index contributed by atoms with van der Waals surface area (Å²) in [6.07, 6.45) is 0. The van der Waals surface area contributed by atoms with E-state index >= 15 is 0 Å². The Hall–Kier alpha value is -5.92. The molecule has 2 heterocycles. The fraction of sp³-hybridized carbons (Fsp3) is 0.0513. The molecule has 0 bridgehead atoms. The van der Waals surface area contributed by atoms with Crippen LogP contribution in [0.5, 0.6) is 0 Å². The van der Waals surface area contributed by atoms with E-state index in [0.29, 0.717) is 55.1 Å². The Balaban J connectivity index is 1.15. The number of pyridine rings is 1. The van der Waals surface area contributed by atoms with Crippen molar-refractivity contribution >= 4 is 51.8 Å². The maximum atomic E-state index is 13.5. The average Bonchev–Trinajstić information content (AvgIpc) is 3.37. The Kier molecular flexibility index (Phi) is 7.67. The largest absolute Gasteiger partial charge is 0.454 e. The van der Waals surface area contributed by atoms with Crippen molar-refractivity contribution in [3.05, 3.63) is 154 Å². The second-order valence-corrected chi connectivity index (χ2v) is 11.5. The Morgan fingerprint density at radius 3 is 1.98 bits per heavy atom. The van der Waals surface area contributed by atoms with Crippen LogP contribution in [0.1, 0.15) is 47.0 Å². The number of aromatic nitrogens is 1. The summed E-state index contributed by atoms with van der Waals surface area (Å²) >= 11 is 6.43. The van der Waals surface area contributed by atoms with E-state index in [-0.39, 0.29) is 23.2 Å². The second kappa shape index (κ2) is 12.1. The highest BCUT2D eigenvalue weighted by Crippen LogP contribution is 2.33. The SMILES string of the molecule is Cc1c(Cl)ccc2c(C(=O)OCC(=O)c3ccc(-c4ccccc4)cc3)cc(-c3ccc(N4C(=O)c5ccccc5C4=O)cc3)nc12. The zero-order valence-electron chi connectivity index (χ0n) is 25.1. The molecule has 0 aliphatic carbocycles. The van der Waals surface area contributed by atoms with E-state index in [9.17, 15) is 19.2 Å². The van der Waals surface area contributed by atoms with Gasteiger partial charge in [0.05, 0.1) is 33.6 Å². The molecule has 0 saturated carbocycles. The van der Waals surface area contributed by atoms with E-state index in [0.717, 1.165) is 16.0 Å². The molecule has 1 aromatic heterocycles. The monoisotopic (exact) mass is 636 g/mol. The maximum Gasteiger partial charge on any atom is 0.339 e. The smallest absolute Gasteiger partial charge is 0.339 e. The highest BCUT2D eigenvalue weighted by molar-refractivity contribution is 6.34. The first-order valence-electron chi connectivity index (χ1n) is 14.8. The number of Topliss-reactive ketones (excluding diaryl/α,β-unsaturated/α-hetero) is 1. The number of rotatable bonds is 7. The average molecular weight is 637 g/mol. The summed E-state index contributed by atoms with van der Waals surface area (Å²) < 4.78 is 5.54. The first-order chi connectivity index (χ1) is 22.8. The molecule has 0 saturated heterocycles. The number of esters is 1. The van der Waals surface area contributed by atoms with E-state index in [4.69, 9.17) is 21.3 Å². The number of anilines is 1. The van der Waals surface area contributed by atoms with Crippen molar-refractivity contribution in [2.24, 2.45) is 0 Å². The fourth-order valence-corrected chi connectivity index (χ4v) is 5.85. The van der Waals surface area contributed by atoms with Crippen LogP contribution >= 0.6 is 11.6 Å². The normalized spacial score (nSPS) is 12.3. The summed E-state index contributed by atoms with van der Waals surface area (Å²) in [5, 5.41) is 1.01. The van der Waals surface area contributed by atoms with Gasteiger partial charge in [0.15, 0.2) is 12.4 Å². The van der Waals surface area contributed by atoms with E-state index < -0.39 is 12.6 Å². The van der Waals surface area contributed by atoms with Crippen LogP contribution in [0.4, 0.5) is 5.69 Å². The lowest BCUT2D eigenvalue weighted by atomic mass is 10.0. The number of ketones is 1. The van der Waals surface area contributed by atoms with E-state index in [2.05, 4.69) is 0 Å². The molecule has 0 fully saturated rings. The molecule has 0 N–H and O–H groups in total.